The summed E-state index contributed by atoms with van der Waals surface area (Å²) in [4.78, 5) is 38.0. The Hall–Kier alpha value is -3.67. The van der Waals surface area contributed by atoms with Crippen LogP contribution < -0.4 is 0 Å². The Labute approximate surface area is 419 Å². The number of unbranched alkanes of at least 4 members (excludes halogenated alkanes) is 23. The van der Waals surface area contributed by atoms with E-state index in [4.69, 9.17) is 14.2 Å². The van der Waals surface area contributed by atoms with E-state index in [0.717, 1.165) is 109 Å². The van der Waals surface area contributed by atoms with Gasteiger partial charge in [0, 0.05) is 19.3 Å². The van der Waals surface area contributed by atoms with E-state index < -0.39 is 6.10 Å². The zero-order valence-electron chi connectivity index (χ0n) is 44.3. The van der Waals surface area contributed by atoms with Gasteiger partial charge >= 0.3 is 17.9 Å². The minimum absolute atomic E-state index is 0.0883. The highest BCUT2D eigenvalue weighted by Gasteiger charge is 2.19. The van der Waals surface area contributed by atoms with Crippen molar-refractivity contribution in [3.05, 3.63) is 97.2 Å². The molecule has 0 saturated carbocycles. The van der Waals surface area contributed by atoms with Crippen molar-refractivity contribution in [3.8, 4) is 0 Å². The van der Waals surface area contributed by atoms with Gasteiger partial charge in [0.25, 0.3) is 0 Å². The zero-order chi connectivity index (χ0) is 49.3. The Balaban J connectivity index is 4.35. The standard InChI is InChI=1S/C62H104O6/c1-4-7-10-13-16-19-22-24-25-26-27-28-29-30-31-32-33-34-35-36-37-38-41-43-46-49-52-55-61(64)67-58-59(57-66-60(63)54-51-48-45-42-39-21-18-15-12-9-6-3)68-62(65)56-53-50-47-44-40-23-20-17-14-11-8-5-2/h7,10,16,19,24-25,27-28,30-31,33-34,36-37,41,43,59H,4-6,8-9,11-15,17-18,20-23,26,29,32,35,38-40,42,44-58H2,1-3H3/b10-7-,19-16-,25-24-,28-27-,31-30-,34-33-,37-36-,43-41-. The largest absolute Gasteiger partial charge is 0.462 e. The molecule has 0 spiro atoms. The smallest absolute Gasteiger partial charge is 0.306 e. The quantitative estimate of drug-likeness (QED) is 0.0262. The molecule has 0 heterocycles. The van der Waals surface area contributed by atoms with Crippen LogP contribution >= 0.6 is 0 Å². The van der Waals surface area contributed by atoms with Crippen LogP contribution in [0.3, 0.4) is 0 Å². The van der Waals surface area contributed by atoms with Crippen LogP contribution in [-0.2, 0) is 28.6 Å². The molecule has 0 aromatic heterocycles. The maximum atomic E-state index is 12.8. The van der Waals surface area contributed by atoms with E-state index in [1.165, 1.54) is 109 Å². The first-order chi connectivity index (χ1) is 33.5. The normalized spacial score (nSPS) is 12.8. The van der Waals surface area contributed by atoms with Gasteiger partial charge in [0.1, 0.15) is 13.2 Å². The average molecular weight is 946 g/mol. The summed E-state index contributed by atoms with van der Waals surface area (Å²) in [5.74, 6) is -0.932. The molecule has 68 heavy (non-hydrogen) atoms. The van der Waals surface area contributed by atoms with Gasteiger partial charge in [0.05, 0.1) is 0 Å². The van der Waals surface area contributed by atoms with Crippen LogP contribution in [0.5, 0.6) is 0 Å². The Morgan fingerprint density at radius 3 is 0.897 bits per heavy atom. The van der Waals surface area contributed by atoms with Gasteiger partial charge in [0.2, 0.25) is 0 Å². The van der Waals surface area contributed by atoms with Gasteiger partial charge in [-0.2, -0.15) is 0 Å². The summed E-state index contributed by atoms with van der Waals surface area (Å²) in [5, 5.41) is 0. The van der Waals surface area contributed by atoms with E-state index in [0.29, 0.717) is 19.3 Å². The minimum atomic E-state index is -0.791. The van der Waals surface area contributed by atoms with E-state index in [1.807, 2.05) is 0 Å². The Bertz CT molecular complexity index is 1360. The second-order valence-corrected chi connectivity index (χ2v) is 18.5. The lowest BCUT2D eigenvalue weighted by molar-refractivity contribution is -0.167. The summed E-state index contributed by atoms with van der Waals surface area (Å²) in [5.41, 5.74) is 0. The maximum Gasteiger partial charge on any atom is 0.306 e. The van der Waals surface area contributed by atoms with Crippen molar-refractivity contribution in [1.29, 1.82) is 0 Å². The van der Waals surface area contributed by atoms with Gasteiger partial charge in [-0.25, -0.2) is 0 Å². The number of carbonyl (C=O) groups excluding carboxylic acids is 3. The summed E-state index contributed by atoms with van der Waals surface area (Å²) in [7, 11) is 0. The lowest BCUT2D eigenvalue weighted by atomic mass is 10.0. The number of carbonyl (C=O) groups is 3. The number of rotatable bonds is 50. The number of ether oxygens (including phenoxy) is 3. The third-order valence-corrected chi connectivity index (χ3v) is 11.9. The third-order valence-electron chi connectivity index (χ3n) is 11.9. The molecular weight excluding hydrogens is 841 g/mol. The maximum absolute atomic E-state index is 12.8. The predicted molar refractivity (Wildman–Crippen MR) is 293 cm³/mol. The highest BCUT2D eigenvalue weighted by Crippen LogP contribution is 2.15. The van der Waals surface area contributed by atoms with Gasteiger partial charge in [-0.05, 0) is 83.5 Å². The molecule has 388 valence electrons. The van der Waals surface area contributed by atoms with Crippen molar-refractivity contribution >= 4 is 17.9 Å². The topological polar surface area (TPSA) is 78.9 Å². The van der Waals surface area contributed by atoms with Crippen molar-refractivity contribution in [3.63, 3.8) is 0 Å². The second-order valence-electron chi connectivity index (χ2n) is 18.5. The fourth-order valence-corrected chi connectivity index (χ4v) is 7.63. The van der Waals surface area contributed by atoms with Crippen molar-refractivity contribution in [2.24, 2.45) is 0 Å². The molecule has 6 nitrogen and oxygen atoms in total. The van der Waals surface area contributed by atoms with Crippen LogP contribution in [-0.4, -0.2) is 37.2 Å². The number of allylic oxidation sites excluding steroid dienone is 16. The molecule has 0 amide bonds. The zero-order valence-corrected chi connectivity index (χ0v) is 44.3. The van der Waals surface area contributed by atoms with Gasteiger partial charge in [-0.1, -0.05) is 253 Å². The summed E-state index contributed by atoms with van der Waals surface area (Å²) >= 11 is 0. The van der Waals surface area contributed by atoms with Crippen LogP contribution in [0.4, 0.5) is 0 Å². The second kappa shape index (κ2) is 55.9. The van der Waals surface area contributed by atoms with Gasteiger partial charge in [-0.15, -0.1) is 0 Å². The molecule has 0 aromatic carbocycles. The average Bonchev–Trinajstić information content (AvgIpc) is 3.34. The Morgan fingerprint density at radius 2 is 0.574 bits per heavy atom. The van der Waals surface area contributed by atoms with Crippen molar-refractivity contribution in [1.82, 2.24) is 0 Å². The molecule has 0 fully saturated rings. The fraction of sp³-hybridized carbons (Fsp3) is 0.694. The molecule has 0 aromatic rings. The lowest BCUT2D eigenvalue weighted by Crippen LogP contribution is -2.30. The Kier molecular flexibility index (Phi) is 52.9. The van der Waals surface area contributed by atoms with E-state index in [2.05, 4.69) is 118 Å². The van der Waals surface area contributed by atoms with Crippen LogP contribution in [0.15, 0.2) is 97.2 Å². The molecule has 0 aliphatic rings. The first kappa shape index (κ1) is 64.3. The molecule has 0 saturated heterocycles. The predicted octanol–water partition coefficient (Wildman–Crippen LogP) is 18.9. The van der Waals surface area contributed by atoms with Gasteiger partial charge in [-0.3, -0.25) is 14.4 Å². The summed E-state index contributed by atoms with van der Waals surface area (Å²) in [6.45, 7) is 6.48. The summed E-state index contributed by atoms with van der Waals surface area (Å²) in [6, 6.07) is 0. The molecule has 0 aliphatic carbocycles. The molecule has 0 bridgehead atoms. The molecular formula is C62H104O6. The number of hydrogen-bond donors (Lipinski definition) is 0. The molecule has 6 heteroatoms. The van der Waals surface area contributed by atoms with E-state index >= 15 is 0 Å². The first-order valence-corrected chi connectivity index (χ1v) is 28.2. The fourth-order valence-electron chi connectivity index (χ4n) is 7.63. The highest BCUT2D eigenvalue weighted by atomic mass is 16.6. The molecule has 1 atom stereocenters. The molecule has 0 radical (unpaired) electrons. The molecule has 1 unspecified atom stereocenters. The number of hydrogen-bond acceptors (Lipinski definition) is 6. The monoisotopic (exact) mass is 945 g/mol. The summed E-state index contributed by atoms with van der Waals surface area (Å²) < 4.78 is 16.8. The van der Waals surface area contributed by atoms with Crippen molar-refractivity contribution in [2.75, 3.05) is 13.2 Å². The molecule has 0 aliphatic heterocycles. The van der Waals surface area contributed by atoms with E-state index in [1.54, 1.807) is 0 Å². The van der Waals surface area contributed by atoms with Crippen molar-refractivity contribution < 1.29 is 28.6 Å². The van der Waals surface area contributed by atoms with Gasteiger partial charge in [0.15, 0.2) is 6.10 Å². The van der Waals surface area contributed by atoms with Crippen molar-refractivity contribution in [2.45, 2.75) is 264 Å². The SMILES string of the molecule is CC/C=C\C/C=C\C/C=C\C/C=C\C/C=C\C/C=C\C/C=C\C/C=C\CCCCC(=O)OCC(COC(=O)CCCCCCCCCCCCC)OC(=O)CCCCCCCCCCCCCC. The first-order valence-electron chi connectivity index (χ1n) is 28.2. The van der Waals surface area contributed by atoms with E-state index in [9.17, 15) is 14.4 Å². The van der Waals surface area contributed by atoms with Crippen LogP contribution in [0.25, 0.3) is 0 Å². The lowest BCUT2D eigenvalue weighted by Gasteiger charge is -2.18. The van der Waals surface area contributed by atoms with Gasteiger partial charge < -0.3 is 14.2 Å². The summed E-state index contributed by atoms with van der Waals surface area (Å²) in [6.07, 6.45) is 74.0. The molecule has 0 N–H and O–H groups in total. The Morgan fingerprint density at radius 1 is 0.309 bits per heavy atom. The van der Waals surface area contributed by atoms with Crippen LogP contribution in [0.1, 0.15) is 258 Å². The van der Waals surface area contributed by atoms with Crippen LogP contribution in [0.2, 0.25) is 0 Å². The highest BCUT2D eigenvalue weighted by molar-refractivity contribution is 5.71. The van der Waals surface area contributed by atoms with E-state index in [-0.39, 0.29) is 31.1 Å². The minimum Gasteiger partial charge on any atom is -0.462 e. The third kappa shape index (κ3) is 53.3. The van der Waals surface area contributed by atoms with Crippen LogP contribution in [0, 0.1) is 0 Å². The molecule has 0 rings (SSSR count). The number of esters is 3.